The number of hydrogen-bond donors (Lipinski definition) is 1. The van der Waals surface area contributed by atoms with Crippen LogP contribution in [-0.2, 0) is 13.6 Å². The molecule has 3 rings (SSSR count). The second kappa shape index (κ2) is 5.46. The number of tetrazole rings is 1. The third-order valence-corrected chi connectivity index (χ3v) is 3.16. The highest BCUT2D eigenvalue weighted by Gasteiger charge is 2.06. The number of rotatable bonds is 4. The Morgan fingerprint density at radius 3 is 2.90 bits per heavy atom. The van der Waals surface area contributed by atoms with Gasteiger partial charge in [-0.3, -0.25) is 0 Å². The number of para-hydroxylation sites is 2. The van der Waals surface area contributed by atoms with Gasteiger partial charge < -0.3 is 9.88 Å². The van der Waals surface area contributed by atoms with Crippen LogP contribution in [0.4, 0.5) is 5.69 Å². The summed E-state index contributed by atoms with van der Waals surface area (Å²) in [5, 5.41) is 23.5. The Kier molecular flexibility index (Phi) is 3.35. The highest BCUT2D eigenvalue weighted by molar-refractivity contribution is 5.60. The van der Waals surface area contributed by atoms with Gasteiger partial charge in [-0.25, -0.2) is 0 Å². The molecule has 3 aromatic rings. The zero-order chi connectivity index (χ0) is 14.7. The van der Waals surface area contributed by atoms with Crippen LogP contribution in [-0.4, -0.2) is 24.8 Å². The van der Waals surface area contributed by atoms with Gasteiger partial charge in [0.05, 0.1) is 11.4 Å². The molecule has 0 saturated carbocycles. The second-order valence-electron chi connectivity index (χ2n) is 4.58. The van der Waals surface area contributed by atoms with Crippen molar-refractivity contribution in [3.05, 3.63) is 54.1 Å². The summed E-state index contributed by atoms with van der Waals surface area (Å²) in [6.45, 7) is 0.620. The summed E-state index contributed by atoms with van der Waals surface area (Å²) in [6, 6.07) is 11.8. The fourth-order valence-corrected chi connectivity index (χ4v) is 2.13. The van der Waals surface area contributed by atoms with Crippen LogP contribution in [0.1, 0.15) is 11.3 Å². The summed E-state index contributed by atoms with van der Waals surface area (Å²) in [4.78, 5) is 0. The number of hydrogen-bond acceptors (Lipinski definition) is 5. The summed E-state index contributed by atoms with van der Waals surface area (Å²) in [7, 11) is 1.86. The van der Waals surface area contributed by atoms with Crippen LogP contribution in [0.3, 0.4) is 0 Å². The van der Waals surface area contributed by atoms with E-state index in [0.29, 0.717) is 12.2 Å². The van der Waals surface area contributed by atoms with Gasteiger partial charge in [-0.15, -0.1) is 5.10 Å². The average Bonchev–Trinajstić information content (AvgIpc) is 3.15. The first-order valence-corrected chi connectivity index (χ1v) is 6.39. The lowest BCUT2D eigenvalue weighted by atomic mass is 10.2. The van der Waals surface area contributed by atoms with Gasteiger partial charge in [0, 0.05) is 19.8 Å². The summed E-state index contributed by atoms with van der Waals surface area (Å²) in [5.74, 6) is 0. The van der Waals surface area contributed by atoms with E-state index in [1.807, 2.05) is 48.1 Å². The van der Waals surface area contributed by atoms with Crippen LogP contribution in [0.15, 0.2) is 42.9 Å². The topological polar surface area (TPSA) is 84.3 Å². The second-order valence-corrected chi connectivity index (χ2v) is 4.58. The number of anilines is 1. The Hall–Kier alpha value is -3.14. The average molecular weight is 279 g/mol. The SMILES string of the molecule is Cn1cc(CNc2ccccc2-n2cnnn2)cc1C#N. The van der Waals surface area contributed by atoms with E-state index in [4.69, 9.17) is 5.26 Å². The van der Waals surface area contributed by atoms with Gasteiger partial charge in [-0.05, 0) is 34.2 Å². The van der Waals surface area contributed by atoms with Crippen molar-refractivity contribution < 1.29 is 0 Å². The number of nitrogens with zero attached hydrogens (tertiary/aromatic N) is 6. The third kappa shape index (κ3) is 2.60. The number of aromatic nitrogens is 5. The quantitative estimate of drug-likeness (QED) is 0.782. The van der Waals surface area contributed by atoms with Gasteiger partial charge in [0.25, 0.3) is 0 Å². The number of nitriles is 1. The fourth-order valence-electron chi connectivity index (χ4n) is 2.13. The van der Waals surface area contributed by atoms with Gasteiger partial charge in [0.15, 0.2) is 0 Å². The minimum atomic E-state index is 0.620. The van der Waals surface area contributed by atoms with E-state index in [1.54, 1.807) is 11.0 Å². The molecule has 0 aliphatic rings. The van der Waals surface area contributed by atoms with E-state index in [-0.39, 0.29) is 0 Å². The number of nitrogens with one attached hydrogen (secondary N) is 1. The smallest absolute Gasteiger partial charge is 0.143 e. The largest absolute Gasteiger partial charge is 0.379 e. The van der Waals surface area contributed by atoms with Crippen LogP contribution in [0.5, 0.6) is 0 Å². The van der Waals surface area contributed by atoms with Crippen molar-refractivity contribution in [2.45, 2.75) is 6.54 Å². The summed E-state index contributed by atoms with van der Waals surface area (Å²) in [6.07, 6.45) is 3.49. The molecule has 0 fully saturated rings. The summed E-state index contributed by atoms with van der Waals surface area (Å²) >= 11 is 0. The number of aryl methyl sites for hydroxylation is 1. The molecule has 104 valence electrons. The Morgan fingerprint density at radius 1 is 1.33 bits per heavy atom. The van der Waals surface area contributed by atoms with Crippen LogP contribution in [0.2, 0.25) is 0 Å². The lowest BCUT2D eigenvalue weighted by Crippen LogP contribution is -2.04. The van der Waals surface area contributed by atoms with E-state index in [1.165, 1.54) is 0 Å². The van der Waals surface area contributed by atoms with Crippen LogP contribution < -0.4 is 5.32 Å². The maximum Gasteiger partial charge on any atom is 0.143 e. The first-order valence-electron chi connectivity index (χ1n) is 6.39. The van der Waals surface area contributed by atoms with Crippen LogP contribution >= 0.6 is 0 Å². The summed E-state index contributed by atoms with van der Waals surface area (Å²) in [5.41, 5.74) is 3.48. The molecule has 0 aliphatic heterocycles. The Bertz CT molecular complexity index is 780. The zero-order valence-corrected chi connectivity index (χ0v) is 11.4. The molecule has 7 heteroatoms. The van der Waals surface area contributed by atoms with Crippen molar-refractivity contribution in [3.8, 4) is 11.8 Å². The Labute approximate surface area is 121 Å². The maximum atomic E-state index is 8.97. The maximum absolute atomic E-state index is 8.97. The van der Waals surface area contributed by atoms with Crippen molar-refractivity contribution in [2.75, 3.05) is 5.32 Å². The Morgan fingerprint density at radius 2 is 2.19 bits per heavy atom. The first-order chi connectivity index (χ1) is 10.3. The molecule has 0 unspecified atom stereocenters. The normalized spacial score (nSPS) is 10.3. The predicted octanol–water partition coefficient (Wildman–Crippen LogP) is 1.48. The Balaban J connectivity index is 1.81. The van der Waals surface area contributed by atoms with E-state index in [0.717, 1.165) is 16.9 Å². The minimum Gasteiger partial charge on any atom is -0.379 e. The van der Waals surface area contributed by atoms with Crippen molar-refractivity contribution in [3.63, 3.8) is 0 Å². The lowest BCUT2D eigenvalue weighted by molar-refractivity contribution is 0.789. The van der Waals surface area contributed by atoms with Crippen molar-refractivity contribution in [1.82, 2.24) is 24.8 Å². The third-order valence-electron chi connectivity index (χ3n) is 3.16. The van der Waals surface area contributed by atoms with Crippen LogP contribution in [0.25, 0.3) is 5.69 Å². The molecule has 1 aromatic carbocycles. The highest BCUT2D eigenvalue weighted by atomic mass is 15.5. The van der Waals surface area contributed by atoms with Crippen LogP contribution in [0, 0.1) is 11.3 Å². The van der Waals surface area contributed by atoms with E-state index in [9.17, 15) is 0 Å². The summed E-state index contributed by atoms with van der Waals surface area (Å²) < 4.78 is 3.41. The molecule has 0 radical (unpaired) electrons. The van der Waals surface area contributed by atoms with E-state index < -0.39 is 0 Å². The van der Waals surface area contributed by atoms with E-state index in [2.05, 4.69) is 26.9 Å². The molecule has 2 heterocycles. The molecule has 21 heavy (non-hydrogen) atoms. The molecular formula is C14H13N7. The zero-order valence-electron chi connectivity index (χ0n) is 11.4. The van der Waals surface area contributed by atoms with Gasteiger partial charge >= 0.3 is 0 Å². The van der Waals surface area contributed by atoms with Gasteiger partial charge in [0.1, 0.15) is 18.1 Å². The molecule has 1 N–H and O–H groups in total. The van der Waals surface area contributed by atoms with Gasteiger partial charge in [-0.2, -0.15) is 9.94 Å². The van der Waals surface area contributed by atoms with E-state index >= 15 is 0 Å². The molecule has 0 spiro atoms. The molecule has 0 atom stereocenters. The van der Waals surface area contributed by atoms with Crippen molar-refractivity contribution >= 4 is 5.69 Å². The fraction of sp³-hybridized carbons (Fsp3) is 0.143. The number of benzene rings is 1. The monoisotopic (exact) mass is 279 g/mol. The standard InChI is InChI=1S/C14H13N7/c1-20-9-11(6-12(20)7-15)8-16-13-4-2-3-5-14(13)21-10-17-18-19-21/h2-6,9-10,16H,8H2,1H3. The highest BCUT2D eigenvalue weighted by Crippen LogP contribution is 2.19. The molecule has 2 aromatic heterocycles. The molecular weight excluding hydrogens is 266 g/mol. The van der Waals surface area contributed by atoms with Crippen molar-refractivity contribution in [2.24, 2.45) is 7.05 Å². The molecule has 0 aliphatic carbocycles. The first kappa shape index (κ1) is 12.9. The van der Waals surface area contributed by atoms with Gasteiger partial charge in [-0.1, -0.05) is 12.1 Å². The lowest BCUT2D eigenvalue weighted by Gasteiger charge is -2.10. The molecule has 0 saturated heterocycles. The molecule has 0 bridgehead atoms. The molecule has 7 nitrogen and oxygen atoms in total. The predicted molar refractivity (Wildman–Crippen MR) is 76.6 cm³/mol. The van der Waals surface area contributed by atoms with Gasteiger partial charge in [0.2, 0.25) is 0 Å². The minimum absolute atomic E-state index is 0.620. The molecule has 0 amide bonds. The van der Waals surface area contributed by atoms with Crippen molar-refractivity contribution in [1.29, 1.82) is 5.26 Å².